The van der Waals surface area contributed by atoms with Gasteiger partial charge < -0.3 is 19.3 Å². The summed E-state index contributed by atoms with van der Waals surface area (Å²) < 4.78 is 12.5. The van der Waals surface area contributed by atoms with Crippen molar-refractivity contribution in [3.05, 3.63) is 79.3 Å². The van der Waals surface area contributed by atoms with Gasteiger partial charge in [-0.2, -0.15) is 10.2 Å². The van der Waals surface area contributed by atoms with Crippen LogP contribution in [-0.2, 0) is 4.74 Å². The Bertz CT molecular complexity index is 1900. The molecule has 0 aliphatic carbocycles. The van der Waals surface area contributed by atoms with E-state index in [1.54, 1.807) is 0 Å². The van der Waals surface area contributed by atoms with Crippen LogP contribution >= 0.6 is 0 Å². The number of nitrogens with one attached hydrogen (secondary N) is 2. The molecule has 9 nitrogen and oxygen atoms in total. The molecule has 9 heteroatoms. The second kappa shape index (κ2) is 11.6. The molecule has 3 aromatic carbocycles. The molecule has 3 aromatic heterocycles. The molecule has 2 unspecified atom stereocenters. The average molecular weight is 612 g/mol. The maximum Gasteiger partial charge on any atom is 0.176 e. The van der Waals surface area contributed by atoms with Crippen molar-refractivity contribution in [3.8, 4) is 33.8 Å². The minimum absolute atomic E-state index is 0.720. The quantitative estimate of drug-likeness (QED) is 0.172. The highest BCUT2D eigenvalue weighted by Crippen LogP contribution is 2.48. The van der Waals surface area contributed by atoms with Gasteiger partial charge in [0.1, 0.15) is 0 Å². The number of hydrogen-bond donors (Lipinski definition) is 2. The number of aromatic amines is 2. The monoisotopic (exact) mass is 611 g/mol. The van der Waals surface area contributed by atoms with E-state index >= 15 is 0 Å². The zero-order valence-electron chi connectivity index (χ0n) is 25.8. The molecule has 0 spiro atoms. The van der Waals surface area contributed by atoms with E-state index in [2.05, 4.69) is 90.9 Å². The SMILES string of the molecule is c1cc2c(cc1-c1ccc3[nH]ncc3c1)Oc1cc(-c3ccc4[nH]ncc4c3)cnc1N2CCCCCN1CC2COCC(C2)C1. The summed E-state index contributed by atoms with van der Waals surface area (Å²) in [6, 6.07) is 21.3. The Morgan fingerprint density at radius 3 is 2.09 bits per heavy atom. The first kappa shape index (κ1) is 27.6. The van der Waals surface area contributed by atoms with Crippen LogP contribution in [0.5, 0.6) is 11.5 Å². The lowest BCUT2D eigenvalue weighted by atomic mass is 9.88. The molecule has 2 bridgehead atoms. The minimum atomic E-state index is 0.720. The van der Waals surface area contributed by atoms with E-state index < -0.39 is 0 Å². The highest BCUT2D eigenvalue weighted by molar-refractivity contribution is 5.87. The largest absolute Gasteiger partial charge is 0.451 e. The molecule has 2 atom stereocenters. The molecule has 2 fully saturated rings. The van der Waals surface area contributed by atoms with Crippen LogP contribution in [0.3, 0.4) is 0 Å². The Hall–Kier alpha value is -4.73. The molecule has 9 rings (SSSR count). The number of ether oxygens (including phenoxy) is 2. The molecule has 0 amide bonds. The third-order valence-electron chi connectivity index (χ3n) is 9.87. The summed E-state index contributed by atoms with van der Waals surface area (Å²) in [7, 11) is 0. The smallest absolute Gasteiger partial charge is 0.176 e. The first-order valence-corrected chi connectivity index (χ1v) is 16.5. The zero-order chi connectivity index (χ0) is 30.5. The molecular formula is C37H37N7O2. The van der Waals surface area contributed by atoms with E-state index in [0.29, 0.717) is 0 Å². The molecule has 2 N–H and O–H groups in total. The number of fused-ring (bicyclic) bond motifs is 6. The summed E-state index contributed by atoms with van der Waals surface area (Å²) in [5.74, 6) is 3.94. The van der Waals surface area contributed by atoms with Gasteiger partial charge in [0.05, 0.1) is 42.3 Å². The van der Waals surface area contributed by atoms with Crippen LogP contribution in [-0.4, -0.2) is 69.7 Å². The summed E-state index contributed by atoms with van der Waals surface area (Å²) in [5.41, 5.74) is 7.45. The lowest BCUT2D eigenvalue weighted by Crippen LogP contribution is -2.46. The Morgan fingerprint density at radius 1 is 0.674 bits per heavy atom. The molecule has 3 aliphatic heterocycles. The van der Waals surface area contributed by atoms with Crippen molar-refractivity contribution in [1.82, 2.24) is 30.3 Å². The summed E-state index contributed by atoms with van der Waals surface area (Å²) in [5, 5.41) is 16.6. The first-order valence-electron chi connectivity index (χ1n) is 16.5. The highest BCUT2D eigenvalue weighted by Gasteiger charge is 2.31. The van der Waals surface area contributed by atoms with E-state index in [-0.39, 0.29) is 0 Å². The maximum absolute atomic E-state index is 6.66. The molecule has 6 aromatic rings. The predicted molar refractivity (Wildman–Crippen MR) is 181 cm³/mol. The van der Waals surface area contributed by atoms with Crippen LogP contribution in [0.2, 0.25) is 0 Å². The van der Waals surface area contributed by atoms with Gasteiger partial charge in [-0.1, -0.05) is 24.6 Å². The number of likely N-dealkylation sites (tertiary alicyclic amines) is 1. The number of unbranched alkanes of at least 4 members (excludes halogenated alkanes) is 2. The summed E-state index contributed by atoms with van der Waals surface area (Å²) in [6.45, 7) is 6.32. The Kier molecular flexibility index (Phi) is 6.93. The van der Waals surface area contributed by atoms with Gasteiger partial charge in [0.2, 0.25) is 0 Å². The molecule has 3 aliphatic rings. The predicted octanol–water partition coefficient (Wildman–Crippen LogP) is 7.55. The summed E-state index contributed by atoms with van der Waals surface area (Å²) in [6.07, 6.45) is 10.5. The number of piperidine rings is 1. The van der Waals surface area contributed by atoms with Gasteiger partial charge in [-0.05, 0) is 96.8 Å². The molecular weight excluding hydrogens is 574 g/mol. The van der Waals surface area contributed by atoms with Crippen molar-refractivity contribution in [2.45, 2.75) is 25.7 Å². The number of rotatable bonds is 8. The van der Waals surface area contributed by atoms with Gasteiger partial charge in [-0.15, -0.1) is 0 Å². The van der Waals surface area contributed by atoms with Crippen LogP contribution < -0.4 is 9.64 Å². The third-order valence-corrected chi connectivity index (χ3v) is 9.87. The van der Waals surface area contributed by atoms with Crippen LogP contribution in [0.4, 0.5) is 11.5 Å². The van der Waals surface area contributed by atoms with Gasteiger partial charge in [-0.25, -0.2) is 4.98 Å². The molecule has 2 saturated heterocycles. The van der Waals surface area contributed by atoms with Crippen molar-refractivity contribution >= 4 is 33.3 Å². The van der Waals surface area contributed by atoms with Gasteiger partial charge in [0.25, 0.3) is 0 Å². The fourth-order valence-corrected chi connectivity index (χ4v) is 7.61. The minimum Gasteiger partial charge on any atom is -0.451 e. The Morgan fingerprint density at radius 2 is 1.33 bits per heavy atom. The van der Waals surface area contributed by atoms with Gasteiger partial charge in [0, 0.05) is 42.2 Å². The standard InChI is InChI=1S/C37H37N7O2/c1(2-10-43-20-24-12-25(21-43)23-45-22-24)3-11-44-34-9-6-28(26-4-7-32-30(13-26)18-39-41-32)15-35(34)46-36-16-29(17-38-37(36)44)27-5-8-33-31(14-27)19-40-42-33/h4-9,13-19,24-25H,1-3,10-12,20-23H2,(H,39,41)(H,40,42). The van der Waals surface area contributed by atoms with Crippen LogP contribution in [0.15, 0.2) is 79.3 Å². The molecule has 6 heterocycles. The number of anilines is 2. The number of nitrogens with zero attached hydrogens (tertiary/aromatic N) is 5. The van der Waals surface area contributed by atoms with Crippen molar-refractivity contribution in [2.24, 2.45) is 11.8 Å². The van der Waals surface area contributed by atoms with Crippen molar-refractivity contribution in [2.75, 3.05) is 44.3 Å². The zero-order valence-corrected chi connectivity index (χ0v) is 25.8. The van der Waals surface area contributed by atoms with Crippen molar-refractivity contribution in [3.63, 3.8) is 0 Å². The van der Waals surface area contributed by atoms with Gasteiger partial charge in [-0.3, -0.25) is 10.2 Å². The maximum atomic E-state index is 6.66. The molecule has 46 heavy (non-hydrogen) atoms. The Labute approximate surface area is 267 Å². The fourth-order valence-electron chi connectivity index (χ4n) is 7.61. The van der Waals surface area contributed by atoms with Crippen LogP contribution in [0.1, 0.15) is 25.7 Å². The second-order valence-electron chi connectivity index (χ2n) is 13.2. The lowest BCUT2D eigenvalue weighted by molar-refractivity contribution is -0.0405. The van der Waals surface area contributed by atoms with Crippen molar-refractivity contribution in [1.29, 1.82) is 0 Å². The van der Waals surface area contributed by atoms with Gasteiger partial charge in [0.15, 0.2) is 17.3 Å². The number of pyridine rings is 1. The third kappa shape index (κ3) is 5.19. The Balaban J connectivity index is 0.977. The summed E-state index contributed by atoms with van der Waals surface area (Å²) >= 11 is 0. The van der Waals surface area contributed by atoms with Crippen LogP contribution in [0, 0.1) is 11.8 Å². The highest BCUT2D eigenvalue weighted by atomic mass is 16.5. The average Bonchev–Trinajstić information content (AvgIpc) is 3.76. The molecule has 0 saturated carbocycles. The number of H-pyrrole nitrogens is 2. The van der Waals surface area contributed by atoms with Crippen LogP contribution in [0.25, 0.3) is 44.1 Å². The summed E-state index contributed by atoms with van der Waals surface area (Å²) in [4.78, 5) is 10.0. The van der Waals surface area contributed by atoms with E-state index in [9.17, 15) is 0 Å². The lowest BCUT2D eigenvalue weighted by Gasteiger charge is -2.41. The van der Waals surface area contributed by atoms with Crippen molar-refractivity contribution < 1.29 is 9.47 Å². The fraction of sp³-hybridized carbons (Fsp3) is 0.324. The normalized spacial score (nSPS) is 19.3. The second-order valence-corrected chi connectivity index (χ2v) is 13.2. The number of hydrogen-bond acceptors (Lipinski definition) is 7. The molecule has 0 radical (unpaired) electrons. The van der Waals surface area contributed by atoms with E-state index in [1.165, 1.54) is 38.9 Å². The van der Waals surface area contributed by atoms with E-state index in [0.717, 1.165) is 105 Å². The van der Waals surface area contributed by atoms with E-state index in [1.807, 2.05) is 18.6 Å². The number of benzene rings is 3. The first-order chi connectivity index (χ1) is 22.7. The van der Waals surface area contributed by atoms with E-state index in [4.69, 9.17) is 14.5 Å². The van der Waals surface area contributed by atoms with Gasteiger partial charge >= 0.3 is 0 Å². The topological polar surface area (TPSA) is 95.2 Å². The number of aromatic nitrogens is 5. The molecule has 232 valence electrons.